The summed E-state index contributed by atoms with van der Waals surface area (Å²) in [6.45, 7) is 7.01. The fourth-order valence-corrected chi connectivity index (χ4v) is 6.78. The molecule has 0 amide bonds. The first-order valence-electron chi connectivity index (χ1n) is 9.43. The molecule has 1 aromatic carbocycles. The van der Waals surface area contributed by atoms with E-state index in [0.29, 0.717) is 22.9 Å². The number of rotatable bonds is 4. The van der Waals surface area contributed by atoms with Crippen LogP contribution in [0.15, 0.2) is 24.3 Å². The molecule has 0 radical (unpaired) electrons. The monoisotopic (exact) mass is 331 g/mol. The van der Waals surface area contributed by atoms with E-state index in [9.17, 15) is 0 Å². The number of nitrogens with one attached hydrogen (secondary N) is 1. The summed E-state index contributed by atoms with van der Waals surface area (Å²) in [5.41, 5.74) is 2.48. The van der Waals surface area contributed by atoms with Gasteiger partial charge in [0.25, 0.3) is 0 Å². The molecule has 0 aliphatic heterocycles. The van der Waals surface area contributed by atoms with Gasteiger partial charge in [0.1, 0.15) is 0 Å². The van der Waals surface area contributed by atoms with Crippen LogP contribution < -0.4 is 5.32 Å². The van der Waals surface area contributed by atoms with Crippen molar-refractivity contribution in [2.75, 3.05) is 0 Å². The minimum Gasteiger partial charge on any atom is -0.312 e. The molecule has 0 unspecified atom stereocenters. The van der Waals surface area contributed by atoms with Crippen molar-refractivity contribution in [2.45, 2.75) is 76.8 Å². The average Bonchev–Trinajstić information content (AvgIpc) is 2.45. The van der Waals surface area contributed by atoms with Gasteiger partial charge in [0, 0.05) is 17.1 Å². The van der Waals surface area contributed by atoms with Crippen LogP contribution in [-0.2, 0) is 5.41 Å². The van der Waals surface area contributed by atoms with Crippen LogP contribution in [0.3, 0.4) is 0 Å². The highest BCUT2D eigenvalue weighted by molar-refractivity contribution is 6.30. The molecule has 5 rings (SSSR count). The molecule has 4 aliphatic carbocycles. The van der Waals surface area contributed by atoms with Crippen LogP contribution in [0.25, 0.3) is 0 Å². The summed E-state index contributed by atoms with van der Waals surface area (Å²) >= 11 is 6.14. The predicted octanol–water partition coefficient (Wildman–Crippen LogP) is 5.56. The first-order valence-corrected chi connectivity index (χ1v) is 9.81. The molecule has 0 heterocycles. The third-order valence-electron chi connectivity index (χ3n) is 7.06. The van der Waals surface area contributed by atoms with Crippen LogP contribution >= 0.6 is 11.6 Å². The van der Waals surface area contributed by atoms with Crippen LogP contribution in [0, 0.1) is 17.3 Å². The van der Waals surface area contributed by atoms with Gasteiger partial charge >= 0.3 is 0 Å². The zero-order valence-electron chi connectivity index (χ0n) is 14.7. The van der Waals surface area contributed by atoms with Gasteiger partial charge in [0.2, 0.25) is 0 Å². The Morgan fingerprint density at radius 2 is 1.61 bits per heavy atom. The number of benzene rings is 1. The normalized spacial score (nSPS) is 39.9. The summed E-state index contributed by atoms with van der Waals surface area (Å²) < 4.78 is 0. The molecule has 4 bridgehead atoms. The van der Waals surface area contributed by atoms with E-state index in [1.165, 1.54) is 38.5 Å². The van der Waals surface area contributed by atoms with Crippen molar-refractivity contribution in [3.63, 3.8) is 0 Å². The second kappa shape index (κ2) is 5.49. The van der Waals surface area contributed by atoms with Gasteiger partial charge in [0.15, 0.2) is 0 Å². The molecule has 1 aromatic rings. The molecule has 2 heteroatoms. The van der Waals surface area contributed by atoms with Crippen molar-refractivity contribution in [1.29, 1.82) is 0 Å². The highest BCUT2D eigenvalue weighted by atomic mass is 35.5. The second-order valence-electron chi connectivity index (χ2n) is 9.15. The number of hydrogen-bond acceptors (Lipinski definition) is 1. The summed E-state index contributed by atoms with van der Waals surface area (Å²) in [6, 6.07) is 10.0. The first kappa shape index (κ1) is 16.0. The lowest BCUT2D eigenvalue weighted by Gasteiger charge is -2.64. The molecule has 3 atom stereocenters. The lowest BCUT2D eigenvalue weighted by molar-refractivity contribution is -0.0891. The quantitative estimate of drug-likeness (QED) is 0.761. The van der Waals surface area contributed by atoms with Crippen LogP contribution in [0.4, 0.5) is 0 Å². The van der Waals surface area contributed by atoms with Crippen LogP contribution in [0.5, 0.6) is 0 Å². The first-order chi connectivity index (χ1) is 10.9. The lowest BCUT2D eigenvalue weighted by atomic mass is 9.41. The lowest BCUT2D eigenvalue weighted by Crippen LogP contribution is -2.60. The average molecular weight is 332 g/mol. The zero-order valence-corrected chi connectivity index (χ0v) is 15.5. The third-order valence-corrected chi connectivity index (χ3v) is 7.32. The number of halogens is 1. The molecule has 23 heavy (non-hydrogen) atoms. The maximum absolute atomic E-state index is 6.14. The second-order valence-corrected chi connectivity index (χ2v) is 9.59. The Morgan fingerprint density at radius 3 is 2.17 bits per heavy atom. The summed E-state index contributed by atoms with van der Waals surface area (Å²) in [4.78, 5) is 0. The molecule has 126 valence electrons. The van der Waals surface area contributed by atoms with Crippen LogP contribution in [-0.4, -0.2) is 12.1 Å². The van der Waals surface area contributed by atoms with Crippen LogP contribution in [0.1, 0.15) is 64.9 Å². The smallest absolute Gasteiger partial charge is 0.0406 e. The number of hydrogen-bond donors (Lipinski definition) is 1. The Hall–Kier alpha value is -0.530. The summed E-state index contributed by atoms with van der Waals surface area (Å²) in [7, 11) is 0. The van der Waals surface area contributed by atoms with Gasteiger partial charge in [-0.25, -0.2) is 0 Å². The van der Waals surface area contributed by atoms with E-state index in [4.69, 9.17) is 11.6 Å². The van der Waals surface area contributed by atoms with Gasteiger partial charge in [-0.3, -0.25) is 0 Å². The van der Waals surface area contributed by atoms with E-state index < -0.39 is 0 Å². The zero-order chi connectivity index (χ0) is 16.2. The molecule has 1 nitrogen and oxygen atoms in total. The molecule has 0 aromatic heterocycles. The summed E-state index contributed by atoms with van der Waals surface area (Å²) in [6.07, 6.45) is 8.54. The molecular weight excluding hydrogens is 302 g/mol. The summed E-state index contributed by atoms with van der Waals surface area (Å²) in [5, 5.41) is 4.72. The highest BCUT2D eigenvalue weighted by Crippen LogP contribution is 2.66. The van der Waals surface area contributed by atoms with Crippen molar-refractivity contribution in [3.05, 3.63) is 34.9 Å². The Morgan fingerprint density at radius 1 is 1.00 bits per heavy atom. The maximum atomic E-state index is 6.14. The van der Waals surface area contributed by atoms with E-state index in [0.717, 1.165) is 16.9 Å². The van der Waals surface area contributed by atoms with Crippen molar-refractivity contribution in [3.8, 4) is 0 Å². The molecule has 4 saturated carbocycles. The molecule has 0 saturated heterocycles. The Bertz CT molecular complexity index is 562. The standard InChI is InChI=1S/C21H30ClN/c1-14(2)23-15(3)20-9-16-8-17(10-20)12-21(11-16,13-20)18-4-6-19(22)7-5-18/h4-7,14-17,23H,8-13H2,1-3H3/t15-,16-,17-,20?,21?/m1/s1. The maximum Gasteiger partial charge on any atom is 0.0406 e. The highest BCUT2D eigenvalue weighted by Gasteiger charge is 2.59. The van der Waals surface area contributed by atoms with E-state index in [-0.39, 0.29) is 0 Å². The van der Waals surface area contributed by atoms with Crippen molar-refractivity contribution < 1.29 is 0 Å². The minimum absolute atomic E-state index is 0.418. The van der Waals surface area contributed by atoms with Crippen molar-refractivity contribution in [2.24, 2.45) is 17.3 Å². The van der Waals surface area contributed by atoms with Gasteiger partial charge in [-0.1, -0.05) is 37.6 Å². The van der Waals surface area contributed by atoms with E-state index >= 15 is 0 Å². The fraction of sp³-hybridized carbons (Fsp3) is 0.714. The third kappa shape index (κ3) is 2.65. The summed E-state index contributed by atoms with van der Waals surface area (Å²) in [5.74, 6) is 1.87. The van der Waals surface area contributed by atoms with E-state index in [1.807, 2.05) is 0 Å². The molecule has 0 spiro atoms. The van der Waals surface area contributed by atoms with E-state index in [1.54, 1.807) is 5.56 Å². The Labute approximate surface area is 146 Å². The molecule has 1 N–H and O–H groups in total. The molecule has 4 fully saturated rings. The largest absolute Gasteiger partial charge is 0.312 e. The van der Waals surface area contributed by atoms with Crippen LogP contribution in [0.2, 0.25) is 5.02 Å². The SMILES string of the molecule is CC(C)N[C@H](C)C12C[C@H]3C[C@@H](CC(c4ccc(Cl)cc4)(C3)C1)C2. The Kier molecular flexibility index (Phi) is 3.81. The fourth-order valence-electron chi connectivity index (χ4n) is 6.66. The Balaban J connectivity index is 1.69. The minimum atomic E-state index is 0.418. The van der Waals surface area contributed by atoms with Crippen molar-refractivity contribution in [1.82, 2.24) is 5.32 Å². The topological polar surface area (TPSA) is 12.0 Å². The van der Waals surface area contributed by atoms with Crippen molar-refractivity contribution >= 4 is 11.6 Å². The van der Waals surface area contributed by atoms with Gasteiger partial charge in [-0.15, -0.1) is 0 Å². The van der Waals surface area contributed by atoms with Gasteiger partial charge in [-0.05, 0) is 85.8 Å². The van der Waals surface area contributed by atoms with Gasteiger partial charge in [0.05, 0.1) is 0 Å². The predicted molar refractivity (Wildman–Crippen MR) is 98.0 cm³/mol. The molecular formula is C21H30ClN. The molecule has 4 aliphatic rings. The van der Waals surface area contributed by atoms with E-state index in [2.05, 4.69) is 50.4 Å². The van der Waals surface area contributed by atoms with Gasteiger partial charge < -0.3 is 5.32 Å². The van der Waals surface area contributed by atoms with Gasteiger partial charge in [-0.2, -0.15) is 0 Å².